The molecule has 0 atom stereocenters. The summed E-state index contributed by atoms with van der Waals surface area (Å²) in [7, 11) is -1.47. The van der Waals surface area contributed by atoms with Crippen LogP contribution in [0.5, 0.6) is 5.75 Å². The Kier molecular flexibility index (Phi) is 7.16. The van der Waals surface area contributed by atoms with E-state index in [4.69, 9.17) is 21.3 Å². The maximum atomic E-state index is 12.1. The largest absolute Gasteiger partial charge is 0.487 e. The minimum atomic E-state index is -3.37. The summed E-state index contributed by atoms with van der Waals surface area (Å²) < 4.78 is 34.8. The predicted octanol–water partition coefficient (Wildman–Crippen LogP) is 4.40. The molecule has 34 heavy (non-hydrogen) atoms. The molecule has 0 spiro atoms. The number of benzene rings is 1. The molecule has 4 rings (SSSR count). The molecule has 1 aromatic carbocycles. The van der Waals surface area contributed by atoms with Gasteiger partial charge in [0.2, 0.25) is 10.0 Å². The van der Waals surface area contributed by atoms with E-state index in [2.05, 4.69) is 14.8 Å². The number of pyridine rings is 2. The van der Waals surface area contributed by atoms with Gasteiger partial charge in [-0.3, -0.25) is 9.67 Å². The smallest absolute Gasteiger partial charge is 0.211 e. The number of ether oxygens (including phenoxy) is 1. The minimum absolute atomic E-state index is 0.0624. The molecule has 0 radical (unpaired) electrons. The third kappa shape index (κ3) is 5.22. The fourth-order valence-corrected chi connectivity index (χ4v) is 5.10. The Morgan fingerprint density at radius 3 is 2.76 bits per heavy atom. The molecule has 0 unspecified atom stereocenters. The number of rotatable bonds is 9. The van der Waals surface area contributed by atoms with Crippen molar-refractivity contribution < 1.29 is 13.2 Å². The Bertz CT molecular complexity index is 1440. The molecule has 0 saturated heterocycles. The molecule has 0 aliphatic rings. The molecule has 0 bridgehead atoms. The molecule has 8 nitrogen and oxygen atoms in total. The third-order valence-electron chi connectivity index (χ3n) is 5.45. The minimum Gasteiger partial charge on any atom is -0.487 e. The van der Waals surface area contributed by atoms with E-state index in [1.807, 2.05) is 55.9 Å². The van der Waals surface area contributed by atoms with Crippen LogP contribution in [0.25, 0.3) is 22.2 Å². The van der Waals surface area contributed by atoms with Gasteiger partial charge in [0, 0.05) is 54.4 Å². The average Bonchev–Trinajstić information content (AvgIpc) is 3.22. The molecule has 0 amide bonds. The topological polar surface area (TPSA) is 99.0 Å². The van der Waals surface area contributed by atoms with Crippen LogP contribution in [0.3, 0.4) is 0 Å². The second-order valence-electron chi connectivity index (χ2n) is 7.99. The summed E-state index contributed by atoms with van der Waals surface area (Å²) in [6, 6.07) is 9.78. The highest BCUT2D eigenvalue weighted by molar-refractivity contribution is 7.89. The lowest BCUT2D eigenvalue weighted by atomic mass is 10.0. The van der Waals surface area contributed by atoms with Crippen LogP contribution in [0, 0.1) is 6.92 Å². The highest BCUT2D eigenvalue weighted by Gasteiger charge is 2.16. The SMILES string of the molecule is CCCS(=O)(=O)NCc1cncc(Cl)c1COc1cccc2c(-c3ccnn3C)cc(C)nc12. The van der Waals surface area contributed by atoms with Crippen molar-refractivity contribution in [3.05, 3.63) is 70.8 Å². The molecular formula is C24H26ClN5O3S. The fraction of sp³-hybridized carbons (Fsp3) is 0.292. The van der Waals surface area contributed by atoms with E-state index in [0.29, 0.717) is 28.3 Å². The summed E-state index contributed by atoms with van der Waals surface area (Å²) in [4.78, 5) is 8.84. The summed E-state index contributed by atoms with van der Waals surface area (Å²) in [5.41, 5.74) is 4.91. The quantitative estimate of drug-likeness (QED) is 0.366. The van der Waals surface area contributed by atoms with Gasteiger partial charge in [0.1, 0.15) is 17.9 Å². The molecule has 3 aromatic heterocycles. The lowest BCUT2D eigenvalue weighted by molar-refractivity contribution is 0.308. The number of sulfonamides is 1. The monoisotopic (exact) mass is 499 g/mol. The first-order valence-corrected chi connectivity index (χ1v) is 12.9. The van der Waals surface area contributed by atoms with Crippen molar-refractivity contribution in [3.63, 3.8) is 0 Å². The second kappa shape index (κ2) is 10.1. The number of nitrogens with zero attached hydrogens (tertiary/aromatic N) is 4. The highest BCUT2D eigenvalue weighted by atomic mass is 35.5. The van der Waals surface area contributed by atoms with Crippen molar-refractivity contribution in [1.29, 1.82) is 0 Å². The molecular weight excluding hydrogens is 474 g/mol. The van der Waals surface area contributed by atoms with Gasteiger partial charge in [-0.1, -0.05) is 30.7 Å². The van der Waals surface area contributed by atoms with Gasteiger partial charge in [-0.2, -0.15) is 5.10 Å². The first-order valence-electron chi connectivity index (χ1n) is 10.9. The number of nitrogens with one attached hydrogen (secondary N) is 1. The van der Waals surface area contributed by atoms with E-state index >= 15 is 0 Å². The number of hydrogen-bond acceptors (Lipinski definition) is 6. The van der Waals surface area contributed by atoms with E-state index in [-0.39, 0.29) is 18.9 Å². The van der Waals surface area contributed by atoms with Crippen LogP contribution < -0.4 is 9.46 Å². The van der Waals surface area contributed by atoms with Gasteiger partial charge in [0.25, 0.3) is 0 Å². The Hall–Kier alpha value is -3.01. The van der Waals surface area contributed by atoms with Gasteiger partial charge in [-0.25, -0.2) is 18.1 Å². The maximum Gasteiger partial charge on any atom is 0.211 e. The first-order chi connectivity index (χ1) is 16.3. The van der Waals surface area contributed by atoms with Crippen LogP contribution in [0.4, 0.5) is 0 Å². The molecule has 0 aliphatic carbocycles. The standard InChI is InChI=1S/C24H26ClN5O3S/c1-4-10-34(31,32)28-13-17-12-26-14-21(25)20(17)15-33-23-7-5-6-18-19(11-16(2)29-24(18)23)22-8-9-27-30(22)3/h5-9,11-12,14,28H,4,10,13,15H2,1-3H3. The number of fused-ring (bicyclic) bond motifs is 1. The lowest BCUT2D eigenvalue weighted by Gasteiger charge is -2.15. The molecule has 0 fully saturated rings. The zero-order chi connectivity index (χ0) is 24.3. The summed E-state index contributed by atoms with van der Waals surface area (Å²) in [5, 5.41) is 5.64. The Balaban J connectivity index is 1.65. The zero-order valence-electron chi connectivity index (χ0n) is 19.2. The van der Waals surface area contributed by atoms with Crippen LogP contribution in [0.15, 0.2) is 48.9 Å². The zero-order valence-corrected chi connectivity index (χ0v) is 20.8. The summed E-state index contributed by atoms with van der Waals surface area (Å²) in [6.45, 7) is 3.99. The van der Waals surface area contributed by atoms with Crippen LogP contribution in [-0.2, 0) is 30.2 Å². The number of para-hydroxylation sites is 1. The van der Waals surface area contributed by atoms with E-state index < -0.39 is 10.0 Å². The molecule has 4 aromatic rings. The van der Waals surface area contributed by atoms with E-state index in [1.54, 1.807) is 12.4 Å². The summed E-state index contributed by atoms with van der Waals surface area (Å²) in [5.74, 6) is 0.669. The van der Waals surface area contributed by atoms with E-state index in [9.17, 15) is 8.42 Å². The number of hydrogen-bond donors (Lipinski definition) is 1. The van der Waals surface area contributed by atoms with Gasteiger partial charge in [0.15, 0.2) is 0 Å². The van der Waals surface area contributed by atoms with Crippen molar-refractivity contribution in [3.8, 4) is 17.0 Å². The third-order valence-corrected chi connectivity index (χ3v) is 7.30. The molecule has 0 saturated carbocycles. The van der Waals surface area contributed by atoms with Crippen molar-refractivity contribution in [1.82, 2.24) is 24.5 Å². The predicted molar refractivity (Wildman–Crippen MR) is 133 cm³/mol. The van der Waals surface area contributed by atoms with Gasteiger partial charge in [0.05, 0.1) is 16.5 Å². The Morgan fingerprint density at radius 1 is 1.21 bits per heavy atom. The van der Waals surface area contributed by atoms with Crippen molar-refractivity contribution in [2.24, 2.45) is 7.05 Å². The molecule has 1 N–H and O–H groups in total. The van der Waals surface area contributed by atoms with Crippen LogP contribution >= 0.6 is 11.6 Å². The van der Waals surface area contributed by atoms with Crippen LogP contribution in [-0.4, -0.2) is 33.9 Å². The van der Waals surface area contributed by atoms with Gasteiger partial charge in [-0.15, -0.1) is 0 Å². The normalized spacial score (nSPS) is 11.8. The van der Waals surface area contributed by atoms with Gasteiger partial charge in [-0.05, 0) is 37.1 Å². The Morgan fingerprint density at radius 2 is 2.03 bits per heavy atom. The van der Waals surface area contributed by atoms with Gasteiger partial charge >= 0.3 is 0 Å². The lowest BCUT2D eigenvalue weighted by Crippen LogP contribution is -2.26. The molecule has 3 heterocycles. The fourth-order valence-electron chi connectivity index (χ4n) is 3.81. The summed E-state index contributed by atoms with van der Waals surface area (Å²) >= 11 is 6.42. The second-order valence-corrected chi connectivity index (χ2v) is 10.3. The van der Waals surface area contributed by atoms with Crippen molar-refractivity contribution in [2.75, 3.05) is 5.75 Å². The number of halogens is 1. The van der Waals surface area contributed by atoms with Crippen molar-refractivity contribution >= 4 is 32.5 Å². The summed E-state index contributed by atoms with van der Waals surface area (Å²) in [6.07, 6.45) is 5.42. The van der Waals surface area contributed by atoms with Crippen molar-refractivity contribution in [2.45, 2.75) is 33.4 Å². The number of aryl methyl sites for hydroxylation is 2. The molecule has 10 heteroatoms. The first kappa shape index (κ1) is 24.1. The highest BCUT2D eigenvalue weighted by Crippen LogP contribution is 2.33. The van der Waals surface area contributed by atoms with E-state index in [1.165, 1.54) is 6.20 Å². The average molecular weight is 500 g/mol. The van der Waals surface area contributed by atoms with Crippen LogP contribution in [0.2, 0.25) is 5.02 Å². The number of aromatic nitrogens is 4. The van der Waals surface area contributed by atoms with Gasteiger partial charge < -0.3 is 4.74 Å². The maximum absolute atomic E-state index is 12.1. The molecule has 178 valence electrons. The van der Waals surface area contributed by atoms with E-state index in [0.717, 1.165) is 27.9 Å². The molecule has 0 aliphatic heterocycles. The van der Waals surface area contributed by atoms with Crippen LogP contribution in [0.1, 0.15) is 30.2 Å². The Labute approximate surface area is 204 Å².